The molecule has 11 nitrogen and oxygen atoms in total. The van der Waals surface area contributed by atoms with Gasteiger partial charge in [0.05, 0.1) is 39.7 Å². The second kappa shape index (κ2) is 12.3. The van der Waals surface area contributed by atoms with E-state index in [4.69, 9.17) is 13.9 Å². The zero-order chi connectivity index (χ0) is 28.3. The maximum Gasteiger partial charge on any atom is 0.351 e. The summed E-state index contributed by atoms with van der Waals surface area (Å²) in [7, 11) is 1.58. The summed E-state index contributed by atoms with van der Waals surface area (Å²) in [5.74, 6) is 0.334. The van der Waals surface area contributed by atoms with Gasteiger partial charge in [0, 0.05) is 32.8 Å². The Bertz CT molecular complexity index is 1230. The fourth-order valence-corrected chi connectivity index (χ4v) is 5.19. The Morgan fingerprint density at radius 1 is 1.34 bits per heavy atom. The lowest BCUT2D eigenvalue weighted by Gasteiger charge is -2.37. The molecular formula is C25H36IN5O6Si. The molecule has 1 aliphatic heterocycles. The van der Waals surface area contributed by atoms with Gasteiger partial charge in [-0.05, 0) is 46.8 Å². The van der Waals surface area contributed by atoms with Crippen LogP contribution in [0.15, 0.2) is 40.2 Å². The van der Waals surface area contributed by atoms with Crippen molar-refractivity contribution in [3.05, 3.63) is 60.2 Å². The van der Waals surface area contributed by atoms with Crippen molar-refractivity contribution >= 4 is 48.8 Å². The molecule has 1 saturated heterocycles. The first kappa shape index (κ1) is 30.3. The number of nitrogens with zero attached hydrogens (tertiary/aromatic N) is 5. The maximum atomic E-state index is 12.9. The monoisotopic (exact) mass is 657 g/mol. The van der Waals surface area contributed by atoms with Crippen molar-refractivity contribution in [1.29, 1.82) is 0 Å². The van der Waals surface area contributed by atoms with Gasteiger partial charge in [-0.2, -0.15) is 4.98 Å². The number of aromatic nitrogens is 2. The van der Waals surface area contributed by atoms with E-state index in [-0.39, 0.29) is 17.3 Å². The molecule has 1 fully saturated rings. The molecule has 0 N–H and O–H groups in total. The molecule has 0 aliphatic carbocycles. The van der Waals surface area contributed by atoms with Gasteiger partial charge < -0.3 is 18.8 Å². The molecule has 3 atom stereocenters. The Balaban J connectivity index is 1.85. The second-order valence-electron chi connectivity index (χ2n) is 11.0. The summed E-state index contributed by atoms with van der Waals surface area (Å²) >= 11 is 2.09. The first-order valence-electron chi connectivity index (χ1n) is 12.3. The minimum absolute atomic E-state index is 0.000814. The topological polar surface area (TPSA) is 121 Å². The number of hydrogen-bond acceptors (Lipinski definition) is 8. The summed E-state index contributed by atoms with van der Waals surface area (Å²) in [6.07, 6.45) is 2.09. The highest BCUT2D eigenvalue weighted by Crippen LogP contribution is 2.38. The molecule has 0 amide bonds. The van der Waals surface area contributed by atoms with Crippen LogP contribution in [0.25, 0.3) is 0 Å². The molecule has 0 saturated carbocycles. The highest BCUT2D eigenvalue weighted by molar-refractivity contribution is 14.1. The zero-order valence-corrected chi connectivity index (χ0v) is 26.0. The van der Waals surface area contributed by atoms with Crippen LogP contribution in [0.3, 0.4) is 0 Å². The molecule has 0 bridgehead atoms. The number of halogens is 1. The van der Waals surface area contributed by atoms with E-state index in [1.165, 1.54) is 10.6 Å². The SMILES string of the molecule is CN(C)C=Nc1nc(=O)n([C@H]2CC(OCc3ccccc3[N+](=O)[O-])[C@@H](CO[Si](C)(C)C(C)(C)C)O2)cc1I. The highest BCUT2D eigenvalue weighted by atomic mass is 127. The lowest BCUT2D eigenvalue weighted by molar-refractivity contribution is -0.386. The lowest BCUT2D eigenvalue weighted by Crippen LogP contribution is -2.44. The molecule has 3 rings (SSSR count). The smallest absolute Gasteiger partial charge is 0.351 e. The summed E-state index contributed by atoms with van der Waals surface area (Å²) in [4.78, 5) is 34.1. The van der Waals surface area contributed by atoms with Crippen LogP contribution >= 0.6 is 22.6 Å². The fourth-order valence-electron chi connectivity index (χ4n) is 3.62. The van der Waals surface area contributed by atoms with Crippen molar-refractivity contribution in [2.24, 2.45) is 4.99 Å². The van der Waals surface area contributed by atoms with Crippen molar-refractivity contribution in [2.45, 2.75) is 70.4 Å². The van der Waals surface area contributed by atoms with Crippen molar-refractivity contribution in [3.63, 3.8) is 0 Å². The van der Waals surface area contributed by atoms with Gasteiger partial charge in [0.1, 0.15) is 12.3 Å². The van der Waals surface area contributed by atoms with E-state index in [0.29, 0.717) is 28.0 Å². The Hall–Kier alpha value is -2.20. The van der Waals surface area contributed by atoms with Crippen LogP contribution in [-0.2, 0) is 20.5 Å². The predicted molar refractivity (Wildman–Crippen MR) is 156 cm³/mol. The van der Waals surface area contributed by atoms with Crippen LogP contribution in [-0.4, -0.2) is 66.9 Å². The number of ether oxygens (including phenoxy) is 2. The minimum atomic E-state index is -2.09. The predicted octanol–water partition coefficient (Wildman–Crippen LogP) is 4.87. The van der Waals surface area contributed by atoms with Crippen molar-refractivity contribution < 1.29 is 18.8 Å². The lowest BCUT2D eigenvalue weighted by atomic mass is 10.1. The van der Waals surface area contributed by atoms with E-state index >= 15 is 0 Å². The molecule has 13 heteroatoms. The first-order chi connectivity index (χ1) is 17.7. The van der Waals surface area contributed by atoms with Gasteiger partial charge in [0.15, 0.2) is 14.1 Å². The third-order valence-electron chi connectivity index (χ3n) is 6.85. The van der Waals surface area contributed by atoms with E-state index in [9.17, 15) is 14.9 Å². The molecule has 0 radical (unpaired) electrons. The minimum Gasteiger partial charge on any atom is -0.414 e. The number of benzene rings is 1. The molecule has 0 spiro atoms. The summed E-state index contributed by atoms with van der Waals surface area (Å²) in [5, 5.41) is 11.5. The van der Waals surface area contributed by atoms with Gasteiger partial charge in [-0.15, -0.1) is 0 Å². The van der Waals surface area contributed by atoms with Crippen LogP contribution in [0.2, 0.25) is 18.1 Å². The number of rotatable bonds is 10. The molecule has 2 aromatic rings. The maximum absolute atomic E-state index is 12.9. The molecule has 2 heterocycles. The first-order valence-corrected chi connectivity index (χ1v) is 16.3. The van der Waals surface area contributed by atoms with Crippen molar-refractivity contribution in [1.82, 2.24) is 14.5 Å². The molecule has 1 aliphatic rings. The van der Waals surface area contributed by atoms with Crippen molar-refractivity contribution in [2.75, 3.05) is 20.7 Å². The third kappa shape index (κ3) is 7.46. The summed E-state index contributed by atoms with van der Waals surface area (Å²) < 4.78 is 21.1. The average Bonchev–Trinajstić information content (AvgIpc) is 3.23. The molecule has 38 heavy (non-hydrogen) atoms. The van der Waals surface area contributed by atoms with E-state index in [2.05, 4.69) is 66.4 Å². The van der Waals surface area contributed by atoms with Crippen molar-refractivity contribution in [3.8, 4) is 0 Å². The normalized spacial score (nSPS) is 20.3. The molecule has 1 aromatic heterocycles. The second-order valence-corrected chi connectivity index (χ2v) is 17.0. The summed E-state index contributed by atoms with van der Waals surface area (Å²) in [6, 6.07) is 6.50. The van der Waals surface area contributed by atoms with Crippen LogP contribution in [0.5, 0.6) is 0 Å². The summed E-state index contributed by atoms with van der Waals surface area (Å²) in [6.45, 7) is 11.1. The largest absolute Gasteiger partial charge is 0.414 e. The van der Waals surface area contributed by atoms with Gasteiger partial charge in [0.2, 0.25) is 0 Å². The van der Waals surface area contributed by atoms with Gasteiger partial charge in [-0.25, -0.2) is 9.79 Å². The Morgan fingerprint density at radius 2 is 2.03 bits per heavy atom. The number of hydrogen-bond donors (Lipinski definition) is 0. The average molecular weight is 658 g/mol. The van der Waals surface area contributed by atoms with Crippen LogP contribution < -0.4 is 5.69 Å². The number of nitro groups is 1. The number of para-hydroxylation sites is 1. The molecule has 1 aromatic carbocycles. The van der Waals surface area contributed by atoms with E-state index in [1.54, 1.807) is 35.6 Å². The summed E-state index contributed by atoms with van der Waals surface area (Å²) in [5.41, 5.74) is -0.00730. The Labute approximate surface area is 237 Å². The third-order valence-corrected chi connectivity index (χ3v) is 12.1. The molecular weight excluding hydrogens is 621 g/mol. The quantitative estimate of drug-likeness (QED) is 0.0887. The number of nitro benzene ring substituents is 1. The van der Waals surface area contributed by atoms with E-state index < -0.39 is 37.4 Å². The van der Waals surface area contributed by atoms with E-state index in [0.717, 1.165) is 0 Å². The molecule has 1 unspecified atom stereocenters. The Kier molecular flexibility index (Phi) is 9.84. The van der Waals surface area contributed by atoms with Gasteiger partial charge in [0.25, 0.3) is 5.69 Å². The zero-order valence-electron chi connectivity index (χ0n) is 22.9. The fraction of sp³-hybridized carbons (Fsp3) is 0.560. The van der Waals surface area contributed by atoms with Crippen LogP contribution in [0.1, 0.15) is 39.0 Å². The van der Waals surface area contributed by atoms with Crippen LogP contribution in [0.4, 0.5) is 11.5 Å². The van der Waals surface area contributed by atoms with Gasteiger partial charge in [-0.1, -0.05) is 32.9 Å². The van der Waals surface area contributed by atoms with Gasteiger partial charge in [-0.3, -0.25) is 14.7 Å². The van der Waals surface area contributed by atoms with E-state index in [1.807, 2.05) is 14.1 Å². The Morgan fingerprint density at radius 3 is 2.66 bits per heavy atom. The highest BCUT2D eigenvalue weighted by Gasteiger charge is 2.42. The van der Waals surface area contributed by atoms with Crippen LogP contribution in [0, 0.1) is 13.7 Å². The number of aliphatic imine (C=N–C) groups is 1. The standard InChI is InChI=1S/C25H36IN5O6Si/c1-25(2,3)38(6,7)36-15-21-20(35-14-17-10-8-9-11-19(17)31(33)34)12-22(37-21)30-13-18(26)23(28-24(30)32)27-16-29(4)5/h8-11,13,16,20-22H,12,14-15H2,1-7H3/t20?,21-,22-/m1/s1. The molecule has 208 valence electrons. The van der Waals surface area contributed by atoms with Gasteiger partial charge >= 0.3 is 5.69 Å².